The number of carbonyl (C=O) groups excluding carboxylic acids is 1. The highest BCUT2D eigenvalue weighted by atomic mass is 35.5. The summed E-state index contributed by atoms with van der Waals surface area (Å²) in [6, 6.07) is 11.0. The van der Waals surface area contributed by atoms with Crippen molar-refractivity contribution in [2.24, 2.45) is 0 Å². The van der Waals surface area contributed by atoms with Crippen LogP contribution in [0, 0.1) is 0 Å². The average molecular weight is 419 g/mol. The summed E-state index contributed by atoms with van der Waals surface area (Å²) < 4.78 is 0. The van der Waals surface area contributed by atoms with Gasteiger partial charge in [0.05, 0.1) is 27.0 Å². The first kappa shape index (κ1) is 20.2. The number of halogens is 2. The highest BCUT2D eigenvalue weighted by Gasteiger charge is 2.26. The largest absolute Gasteiger partial charge is 0.322 e. The molecule has 6 nitrogen and oxygen atoms in total. The second kappa shape index (κ2) is 8.20. The van der Waals surface area contributed by atoms with Gasteiger partial charge in [0, 0.05) is 11.7 Å². The number of aromatic amines is 1. The van der Waals surface area contributed by atoms with Crippen LogP contribution >= 0.6 is 23.2 Å². The Balaban J connectivity index is 1.91. The zero-order valence-corrected chi connectivity index (χ0v) is 17.2. The molecular weight excluding hydrogens is 399 g/mol. The number of fused-ring (bicyclic) bond motifs is 1. The van der Waals surface area contributed by atoms with Gasteiger partial charge < -0.3 is 15.2 Å². The molecule has 0 saturated heterocycles. The second-order valence-electron chi connectivity index (χ2n) is 6.70. The summed E-state index contributed by atoms with van der Waals surface area (Å²) >= 11 is 12.0. The topological polar surface area (TPSA) is 78.1 Å². The van der Waals surface area contributed by atoms with Gasteiger partial charge >= 0.3 is 6.03 Å². The summed E-state index contributed by atoms with van der Waals surface area (Å²) in [6.07, 6.45) is 0. The molecule has 0 saturated carbocycles. The van der Waals surface area contributed by atoms with Gasteiger partial charge in [-0.05, 0) is 51.1 Å². The Kier molecular flexibility index (Phi) is 5.91. The molecule has 0 aliphatic carbocycles. The van der Waals surface area contributed by atoms with Crippen LogP contribution in [0.3, 0.4) is 0 Å². The van der Waals surface area contributed by atoms with Crippen LogP contribution in [0.2, 0.25) is 10.0 Å². The molecule has 0 aliphatic heterocycles. The first-order chi connectivity index (χ1) is 13.3. The number of rotatable bonds is 4. The maximum Gasteiger partial charge on any atom is 0.322 e. The van der Waals surface area contributed by atoms with Crippen molar-refractivity contribution in [3.05, 3.63) is 68.7 Å². The van der Waals surface area contributed by atoms with Crippen LogP contribution in [-0.2, 0) is 0 Å². The van der Waals surface area contributed by atoms with Crippen molar-refractivity contribution in [3.8, 4) is 0 Å². The van der Waals surface area contributed by atoms with E-state index in [0.29, 0.717) is 32.5 Å². The normalized spacial score (nSPS) is 12.2. The zero-order valence-electron chi connectivity index (χ0n) is 15.7. The Morgan fingerprint density at radius 3 is 2.50 bits per heavy atom. The van der Waals surface area contributed by atoms with Crippen molar-refractivity contribution in [1.82, 2.24) is 14.9 Å². The molecule has 1 heterocycles. The maximum absolute atomic E-state index is 12.9. The minimum Gasteiger partial charge on any atom is -0.312 e. The lowest BCUT2D eigenvalue weighted by molar-refractivity contribution is 0.170. The second-order valence-corrected chi connectivity index (χ2v) is 7.52. The number of urea groups is 1. The molecule has 146 valence electrons. The van der Waals surface area contributed by atoms with E-state index >= 15 is 0 Å². The fourth-order valence-corrected chi connectivity index (χ4v) is 3.35. The van der Waals surface area contributed by atoms with Crippen molar-refractivity contribution in [2.75, 3.05) is 5.32 Å². The minimum absolute atomic E-state index is 0.144. The molecule has 2 N–H and O–H groups in total. The molecule has 0 fully saturated rings. The van der Waals surface area contributed by atoms with E-state index in [0.717, 1.165) is 0 Å². The Morgan fingerprint density at radius 2 is 1.82 bits per heavy atom. The number of nitrogens with one attached hydrogen (secondary N) is 2. The molecule has 1 aromatic heterocycles. The molecular formula is C20H20Cl2N4O2. The van der Waals surface area contributed by atoms with Crippen LogP contribution < -0.4 is 10.9 Å². The molecule has 2 amide bonds. The van der Waals surface area contributed by atoms with Crippen LogP contribution in [0.5, 0.6) is 0 Å². The molecule has 28 heavy (non-hydrogen) atoms. The number of hydrogen-bond acceptors (Lipinski definition) is 3. The monoisotopic (exact) mass is 418 g/mol. The van der Waals surface area contributed by atoms with Crippen LogP contribution in [0.15, 0.2) is 47.3 Å². The molecule has 3 rings (SSSR count). The average Bonchev–Trinajstić information content (AvgIpc) is 2.64. The summed E-state index contributed by atoms with van der Waals surface area (Å²) in [5.41, 5.74) is 0.875. The predicted octanol–water partition coefficient (Wildman–Crippen LogP) is 5.23. The van der Waals surface area contributed by atoms with Crippen LogP contribution in [0.25, 0.3) is 10.9 Å². The van der Waals surface area contributed by atoms with Gasteiger partial charge in [-0.25, -0.2) is 9.78 Å². The van der Waals surface area contributed by atoms with Crippen molar-refractivity contribution in [2.45, 2.75) is 32.9 Å². The van der Waals surface area contributed by atoms with Gasteiger partial charge in [-0.15, -0.1) is 0 Å². The number of aromatic nitrogens is 2. The summed E-state index contributed by atoms with van der Waals surface area (Å²) in [4.78, 5) is 34.3. The third-order valence-electron chi connectivity index (χ3n) is 4.41. The van der Waals surface area contributed by atoms with Crippen molar-refractivity contribution >= 4 is 45.8 Å². The van der Waals surface area contributed by atoms with Gasteiger partial charge in [-0.3, -0.25) is 4.79 Å². The Morgan fingerprint density at radius 1 is 1.11 bits per heavy atom. The van der Waals surface area contributed by atoms with Gasteiger partial charge in [0.2, 0.25) is 0 Å². The van der Waals surface area contributed by atoms with E-state index in [1.54, 1.807) is 41.3 Å². The van der Waals surface area contributed by atoms with Gasteiger partial charge in [0.1, 0.15) is 5.82 Å². The van der Waals surface area contributed by atoms with Gasteiger partial charge in [-0.1, -0.05) is 35.3 Å². The van der Waals surface area contributed by atoms with E-state index in [1.807, 2.05) is 26.8 Å². The lowest BCUT2D eigenvalue weighted by Crippen LogP contribution is -2.42. The summed E-state index contributed by atoms with van der Waals surface area (Å²) in [6.45, 7) is 5.61. The third kappa shape index (κ3) is 4.13. The molecule has 0 radical (unpaired) electrons. The SMILES string of the molecule is CC(C)N(C(=O)Nc1ccc(Cl)c(Cl)c1)[C@@H](C)c1nc2ccccc2c(=O)[nH]1. The van der Waals surface area contributed by atoms with Crippen LogP contribution in [-0.4, -0.2) is 26.9 Å². The number of anilines is 1. The molecule has 8 heteroatoms. The third-order valence-corrected chi connectivity index (χ3v) is 5.14. The number of nitrogens with zero attached hydrogens (tertiary/aromatic N) is 2. The summed E-state index contributed by atoms with van der Waals surface area (Å²) in [5, 5.41) is 4.09. The van der Waals surface area contributed by atoms with E-state index in [-0.39, 0.29) is 17.6 Å². The fraction of sp³-hybridized carbons (Fsp3) is 0.250. The molecule has 0 aliphatic rings. The van der Waals surface area contributed by atoms with Crippen molar-refractivity contribution in [1.29, 1.82) is 0 Å². The quantitative estimate of drug-likeness (QED) is 0.608. The number of carbonyl (C=O) groups is 1. The number of benzene rings is 2. The van der Waals surface area contributed by atoms with E-state index in [4.69, 9.17) is 23.2 Å². The first-order valence-corrected chi connectivity index (χ1v) is 9.57. The lowest BCUT2D eigenvalue weighted by Gasteiger charge is -2.32. The first-order valence-electron chi connectivity index (χ1n) is 8.81. The minimum atomic E-state index is -0.458. The zero-order chi connectivity index (χ0) is 20.4. The van der Waals surface area contributed by atoms with Gasteiger partial charge in [0.25, 0.3) is 5.56 Å². The number of para-hydroxylation sites is 1. The highest BCUT2D eigenvalue weighted by Crippen LogP contribution is 2.26. The van der Waals surface area contributed by atoms with E-state index in [2.05, 4.69) is 15.3 Å². The molecule has 0 unspecified atom stereocenters. The molecule has 0 spiro atoms. The fourth-order valence-electron chi connectivity index (χ4n) is 3.05. The van der Waals surface area contributed by atoms with Crippen molar-refractivity contribution < 1.29 is 4.79 Å². The highest BCUT2D eigenvalue weighted by molar-refractivity contribution is 6.42. The van der Waals surface area contributed by atoms with Crippen LogP contribution in [0.4, 0.5) is 10.5 Å². The smallest absolute Gasteiger partial charge is 0.312 e. The molecule has 2 aromatic carbocycles. The summed E-state index contributed by atoms with van der Waals surface area (Å²) in [5.74, 6) is 0.418. The van der Waals surface area contributed by atoms with E-state index in [1.165, 1.54) is 0 Å². The Bertz CT molecular complexity index is 1080. The standard InChI is InChI=1S/C20H20Cl2N4O2/c1-11(2)26(20(28)23-13-8-9-15(21)16(22)10-13)12(3)18-24-17-7-5-4-6-14(17)19(27)25-18/h4-12H,1-3H3,(H,23,28)(H,24,25,27)/t12-/m0/s1. The number of hydrogen-bond donors (Lipinski definition) is 2. The Hall–Kier alpha value is -2.57. The molecule has 3 aromatic rings. The molecule has 0 bridgehead atoms. The number of H-pyrrole nitrogens is 1. The molecule has 1 atom stereocenters. The van der Waals surface area contributed by atoms with Crippen LogP contribution in [0.1, 0.15) is 32.6 Å². The van der Waals surface area contributed by atoms with Crippen molar-refractivity contribution in [3.63, 3.8) is 0 Å². The van der Waals surface area contributed by atoms with Gasteiger partial charge in [-0.2, -0.15) is 0 Å². The summed E-state index contributed by atoms with van der Waals surface area (Å²) in [7, 11) is 0. The number of amides is 2. The van der Waals surface area contributed by atoms with E-state index in [9.17, 15) is 9.59 Å². The predicted molar refractivity (Wildman–Crippen MR) is 113 cm³/mol. The Labute approximate surface area is 172 Å². The lowest BCUT2D eigenvalue weighted by atomic mass is 10.2. The maximum atomic E-state index is 12.9. The van der Waals surface area contributed by atoms with E-state index < -0.39 is 6.04 Å². The van der Waals surface area contributed by atoms with Gasteiger partial charge in [0.15, 0.2) is 0 Å².